The quantitative estimate of drug-likeness (QED) is 0.780. The average Bonchev–Trinajstić information content (AvgIpc) is 2.58. The van der Waals surface area contributed by atoms with E-state index in [4.69, 9.17) is 4.74 Å². The van der Waals surface area contributed by atoms with E-state index >= 15 is 0 Å². The maximum Gasteiger partial charge on any atom is 0.329 e. The molecule has 1 amide bonds. The van der Waals surface area contributed by atoms with Gasteiger partial charge in [0, 0.05) is 13.1 Å². The molecule has 2 atom stereocenters. The Kier molecular flexibility index (Phi) is 5.00. The summed E-state index contributed by atoms with van der Waals surface area (Å²) in [5.74, 6) is -0.396. The molecule has 8 heteroatoms. The van der Waals surface area contributed by atoms with Crippen LogP contribution in [0.3, 0.4) is 0 Å². The summed E-state index contributed by atoms with van der Waals surface area (Å²) in [7, 11) is 2.00. The van der Waals surface area contributed by atoms with Gasteiger partial charge in [-0.25, -0.2) is 4.79 Å². The second-order valence-corrected chi connectivity index (χ2v) is 6.39. The summed E-state index contributed by atoms with van der Waals surface area (Å²) in [6.07, 6.45) is -0.116. The SMILES string of the molecule is CC(NC(=O)Cn1c(=O)[nH]c2ccccc2c1=O)C1CN(C)CCO1. The highest BCUT2D eigenvalue weighted by Gasteiger charge is 2.25. The Balaban J connectivity index is 1.74. The first kappa shape index (κ1) is 17.4. The number of hydrogen-bond acceptors (Lipinski definition) is 5. The van der Waals surface area contributed by atoms with E-state index in [0.717, 1.165) is 17.7 Å². The van der Waals surface area contributed by atoms with Crippen molar-refractivity contribution in [1.29, 1.82) is 0 Å². The van der Waals surface area contributed by atoms with Gasteiger partial charge >= 0.3 is 5.69 Å². The molecule has 3 rings (SSSR count). The van der Waals surface area contributed by atoms with E-state index in [1.807, 2.05) is 14.0 Å². The minimum atomic E-state index is -0.597. The number of fused-ring (bicyclic) bond motifs is 1. The molecule has 1 aromatic carbocycles. The first-order valence-corrected chi connectivity index (χ1v) is 8.27. The number of likely N-dealkylation sites (N-methyl/N-ethyl adjacent to an activating group) is 1. The highest BCUT2D eigenvalue weighted by atomic mass is 16.5. The number of nitrogens with one attached hydrogen (secondary N) is 2. The maximum absolute atomic E-state index is 12.4. The molecule has 25 heavy (non-hydrogen) atoms. The molecule has 0 aliphatic carbocycles. The number of carbonyl (C=O) groups excluding carboxylic acids is 1. The largest absolute Gasteiger partial charge is 0.373 e. The fraction of sp³-hybridized carbons (Fsp3) is 0.471. The molecule has 2 unspecified atom stereocenters. The molecule has 2 N–H and O–H groups in total. The molecule has 2 heterocycles. The predicted molar refractivity (Wildman–Crippen MR) is 93.7 cm³/mol. The molecule has 2 aromatic rings. The summed E-state index contributed by atoms with van der Waals surface area (Å²) in [4.78, 5) is 41.6. The van der Waals surface area contributed by atoms with Crippen molar-refractivity contribution in [2.24, 2.45) is 0 Å². The van der Waals surface area contributed by atoms with E-state index in [1.54, 1.807) is 24.3 Å². The fourth-order valence-electron chi connectivity index (χ4n) is 2.99. The van der Waals surface area contributed by atoms with Crippen LogP contribution in [0.25, 0.3) is 10.9 Å². The molecule has 0 radical (unpaired) electrons. The zero-order valence-corrected chi connectivity index (χ0v) is 14.3. The van der Waals surface area contributed by atoms with E-state index in [0.29, 0.717) is 17.5 Å². The second-order valence-electron chi connectivity index (χ2n) is 6.39. The Bertz CT molecular complexity index is 888. The van der Waals surface area contributed by atoms with Gasteiger partial charge in [-0.05, 0) is 26.1 Å². The maximum atomic E-state index is 12.4. The molecule has 0 bridgehead atoms. The van der Waals surface area contributed by atoms with Gasteiger partial charge in [0.05, 0.1) is 29.7 Å². The second kappa shape index (κ2) is 7.20. The number of aromatic amines is 1. The lowest BCUT2D eigenvalue weighted by molar-refractivity contribution is -0.124. The molecule has 0 spiro atoms. The number of benzene rings is 1. The lowest BCUT2D eigenvalue weighted by Gasteiger charge is -2.33. The van der Waals surface area contributed by atoms with Gasteiger partial charge in [-0.2, -0.15) is 0 Å². The number of morpholine rings is 1. The fourth-order valence-corrected chi connectivity index (χ4v) is 2.99. The summed E-state index contributed by atoms with van der Waals surface area (Å²) in [5.41, 5.74) is -0.614. The minimum Gasteiger partial charge on any atom is -0.373 e. The highest BCUT2D eigenvalue weighted by molar-refractivity contribution is 5.79. The molecule has 1 saturated heterocycles. The van der Waals surface area contributed by atoms with Gasteiger partial charge < -0.3 is 19.9 Å². The van der Waals surface area contributed by atoms with Gasteiger partial charge in [-0.15, -0.1) is 0 Å². The lowest BCUT2D eigenvalue weighted by Crippen LogP contribution is -2.52. The van der Waals surface area contributed by atoms with Gasteiger partial charge in [-0.3, -0.25) is 14.2 Å². The zero-order valence-electron chi connectivity index (χ0n) is 14.3. The molecular formula is C17H22N4O4. The third-order valence-electron chi connectivity index (χ3n) is 4.43. The number of ether oxygens (including phenoxy) is 1. The monoisotopic (exact) mass is 346 g/mol. The molecule has 1 fully saturated rings. The molecule has 1 aromatic heterocycles. The third-order valence-corrected chi connectivity index (χ3v) is 4.43. The summed E-state index contributed by atoms with van der Waals surface area (Å²) < 4.78 is 6.59. The molecule has 134 valence electrons. The summed E-state index contributed by atoms with van der Waals surface area (Å²) in [5, 5.41) is 3.19. The number of hydrogen-bond donors (Lipinski definition) is 2. The topological polar surface area (TPSA) is 96.4 Å². The van der Waals surface area contributed by atoms with Crippen molar-refractivity contribution in [3.05, 3.63) is 45.1 Å². The van der Waals surface area contributed by atoms with Crippen molar-refractivity contribution >= 4 is 16.8 Å². The van der Waals surface area contributed by atoms with Crippen LogP contribution in [0, 0.1) is 0 Å². The number of para-hydroxylation sites is 1. The van der Waals surface area contributed by atoms with Crippen molar-refractivity contribution in [2.45, 2.75) is 25.6 Å². The van der Waals surface area contributed by atoms with E-state index in [2.05, 4.69) is 15.2 Å². The van der Waals surface area contributed by atoms with E-state index in [9.17, 15) is 14.4 Å². The van der Waals surface area contributed by atoms with Crippen molar-refractivity contribution in [3.8, 4) is 0 Å². The van der Waals surface area contributed by atoms with E-state index in [1.165, 1.54) is 0 Å². The first-order chi connectivity index (χ1) is 12.0. The number of carbonyl (C=O) groups is 1. The predicted octanol–water partition coefficient (Wildman–Crippen LogP) is -0.475. The van der Waals surface area contributed by atoms with Crippen LogP contribution >= 0.6 is 0 Å². The van der Waals surface area contributed by atoms with Gasteiger partial charge in [0.1, 0.15) is 6.54 Å². The Morgan fingerprint density at radius 3 is 2.92 bits per heavy atom. The molecule has 0 saturated carbocycles. The minimum absolute atomic E-state index is 0.116. The number of nitrogens with zero attached hydrogens (tertiary/aromatic N) is 2. The Morgan fingerprint density at radius 2 is 2.16 bits per heavy atom. The summed E-state index contributed by atoms with van der Waals surface area (Å²) >= 11 is 0. The highest BCUT2D eigenvalue weighted by Crippen LogP contribution is 2.07. The Labute approximate surface area is 144 Å². The van der Waals surface area contributed by atoms with Crippen LogP contribution < -0.4 is 16.6 Å². The van der Waals surface area contributed by atoms with Crippen LogP contribution in [-0.4, -0.2) is 59.2 Å². The number of aromatic nitrogens is 2. The van der Waals surface area contributed by atoms with E-state index in [-0.39, 0.29) is 18.7 Å². The van der Waals surface area contributed by atoms with Crippen LogP contribution in [0.4, 0.5) is 0 Å². The lowest BCUT2D eigenvalue weighted by atomic mass is 10.1. The number of rotatable bonds is 4. The van der Waals surface area contributed by atoms with Gasteiger partial charge in [-0.1, -0.05) is 12.1 Å². The normalized spacial score (nSPS) is 19.7. The smallest absolute Gasteiger partial charge is 0.329 e. The van der Waals surface area contributed by atoms with Crippen LogP contribution in [-0.2, 0) is 16.1 Å². The number of H-pyrrole nitrogens is 1. The standard InChI is InChI=1S/C17H22N4O4/c1-11(14-9-20(2)7-8-25-14)18-15(22)10-21-16(23)12-5-3-4-6-13(12)19-17(21)24/h3-6,11,14H,7-10H2,1-2H3,(H,18,22)(H,19,24). The molecule has 8 nitrogen and oxygen atoms in total. The van der Waals surface area contributed by atoms with Crippen LogP contribution in [0.2, 0.25) is 0 Å². The third kappa shape index (κ3) is 3.80. The van der Waals surface area contributed by atoms with Crippen LogP contribution in [0.5, 0.6) is 0 Å². The van der Waals surface area contributed by atoms with Crippen molar-refractivity contribution in [3.63, 3.8) is 0 Å². The van der Waals surface area contributed by atoms with Crippen LogP contribution in [0.15, 0.2) is 33.9 Å². The van der Waals surface area contributed by atoms with Crippen LogP contribution in [0.1, 0.15) is 6.92 Å². The first-order valence-electron chi connectivity index (χ1n) is 8.27. The van der Waals surface area contributed by atoms with Crippen molar-refractivity contribution in [2.75, 3.05) is 26.7 Å². The van der Waals surface area contributed by atoms with Crippen molar-refractivity contribution in [1.82, 2.24) is 19.8 Å². The molecule has 1 aliphatic rings. The van der Waals surface area contributed by atoms with Crippen molar-refractivity contribution < 1.29 is 9.53 Å². The average molecular weight is 346 g/mol. The Morgan fingerprint density at radius 1 is 1.40 bits per heavy atom. The number of amides is 1. The summed E-state index contributed by atoms with van der Waals surface area (Å²) in [6.45, 7) is 3.73. The Hall–Kier alpha value is -2.45. The van der Waals surface area contributed by atoms with Gasteiger partial charge in [0.2, 0.25) is 5.91 Å². The van der Waals surface area contributed by atoms with E-state index < -0.39 is 17.2 Å². The van der Waals surface area contributed by atoms with Gasteiger partial charge in [0.25, 0.3) is 5.56 Å². The molecule has 1 aliphatic heterocycles. The molecular weight excluding hydrogens is 324 g/mol. The van der Waals surface area contributed by atoms with Gasteiger partial charge in [0.15, 0.2) is 0 Å². The zero-order chi connectivity index (χ0) is 18.0. The summed E-state index contributed by atoms with van der Waals surface area (Å²) in [6, 6.07) is 6.51.